The van der Waals surface area contributed by atoms with Gasteiger partial charge in [-0.25, -0.2) is 4.79 Å². The number of hydrogen-bond donors (Lipinski definition) is 0. The van der Waals surface area contributed by atoms with E-state index in [0.717, 1.165) is 5.57 Å². The van der Waals surface area contributed by atoms with E-state index in [1.54, 1.807) is 4.90 Å². The second-order valence-electron chi connectivity index (χ2n) is 5.06. The monoisotopic (exact) mass is 305 g/mol. The number of ether oxygens (including phenoxy) is 2. The first-order chi connectivity index (χ1) is 7.85. The first-order valence-electron chi connectivity index (χ1n) is 5.66. The third-order valence-electron chi connectivity index (χ3n) is 2.40. The number of amides is 1. The van der Waals surface area contributed by atoms with Crippen LogP contribution < -0.4 is 0 Å². The lowest BCUT2D eigenvalue weighted by Crippen LogP contribution is -2.51. The van der Waals surface area contributed by atoms with Crippen molar-refractivity contribution in [3.05, 3.63) is 12.2 Å². The molecule has 0 aromatic rings. The van der Waals surface area contributed by atoms with Gasteiger partial charge in [0, 0.05) is 11.9 Å². The summed E-state index contributed by atoms with van der Waals surface area (Å²) < 4.78 is 10.8. The van der Waals surface area contributed by atoms with E-state index < -0.39 is 5.60 Å². The average Bonchev–Trinajstić information content (AvgIpc) is 2.25. The first-order valence-corrected chi connectivity index (χ1v) is 6.78. The van der Waals surface area contributed by atoms with Gasteiger partial charge in [0.05, 0.1) is 19.3 Å². The molecule has 1 atom stereocenters. The molecule has 1 aliphatic rings. The van der Waals surface area contributed by atoms with E-state index in [-0.39, 0.29) is 12.1 Å². The molecule has 0 bridgehead atoms. The van der Waals surface area contributed by atoms with Crippen molar-refractivity contribution >= 4 is 22.0 Å². The van der Waals surface area contributed by atoms with E-state index in [9.17, 15) is 4.79 Å². The molecule has 0 aromatic carbocycles. The van der Waals surface area contributed by atoms with Crippen LogP contribution in [0.4, 0.5) is 4.79 Å². The van der Waals surface area contributed by atoms with Crippen molar-refractivity contribution in [2.75, 3.05) is 25.1 Å². The maximum Gasteiger partial charge on any atom is 0.410 e. The summed E-state index contributed by atoms with van der Waals surface area (Å²) in [4.78, 5) is 13.7. The normalized spacial score (nSPS) is 21.2. The van der Waals surface area contributed by atoms with Gasteiger partial charge >= 0.3 is 6.09 Å². The zero-order valence-corrected chi connectivity index (χ0v) is 12.2. The maximum atomic E-state index is 12.0. The standard InChI is InChI=1S/C12H20BrNO3/c1-9(7-13)10-8-16-6-5-14(10)11(15)17-12(2,3)4/h10H,1,5-8H2,2-4H3. The fourth-order valence-corrected chi connectivity index (χ4v) is 1.94. The van der Waals surface area contributed by atoms with Crippen molar-refractivity contribution in [2.24, 2.45) is 0 Å². The predicted molar refractivity (Wildman–Crippen MR) is 70.5 cm³/mol. The molecule has 0 radical (unpaired) electrons. The van der Waals surface area contributed by atoms with E-state index in [1.165, 1.54) is 0 Å². The summed E-state index contributed by atoms with van der Waals surface area (Å²) in [7, 11) is 0. The Morgan fingerprint density at radius 2 is 2.24 bits per heavy atom. The fraction of sp³-hybridized carbons (Fsp3) is 0.750. The SMILES string of the molecule is C=C(CBr)C1COCCN1C(=O)OC(C)(C)C. The summed E-state index contributed by atoms with van der Waals surface area (Å²) >= 11 is 3.35. The van der Waals surface area contributed by atoms with E-state index in [0.29, 0.717) is 25.1 Å². The Labute approximate surface area is 111 Å². The number of hydrogen-bond acceptors (Lipinski definition) is 3. The average molecular weight is 306 g/mol. The van der Waals surface area contributed by atoms with Gasteiger partial charge in [-0.05, 0) is 26.3 Å². The maximum absolute atomic E-state index is 12.0. The van der Waals surface area contributed by atoms with Crippen LogP contribution in [0.25, 0.3) is 0 Å². The van der Waals surface area contributed by atoms with Crippen LogP contribution in [0.3, 0.4) is 0 Å². The first kappa shape index (κ1) is 14.5. The van der Waals surface area contributed by atoms with Crippen LogP contribution in [0.2, 0.25) is 0 Å². The minimum Gasteiger partial charge on any atom is -0.444 e. The highest BCUT2D eigenvalue weighted by molar-refractivity contribution is 9.09. The van der Waals surface area contributed by atoms with E-state index in [2.05, 4.69) is 22.5 Å². The van der Waals surface area contributed by atoms with Crippen LogP contribution in [-0.4, -0.2) is 47.7 Å². The lowest BCUT2D eigenvalue weighted by molar-refractivity contribution is -0.0238. The molecule has 0 aromatic heterocycles. The molecule has 1 amide bonds. The van der Waals surface area contributed by atoms with Crippen molar-refractivity contribution in [2.45, 2.75) is 32.4 Å². The predicted octanol–water partition coefficient (Wildman–Crippen LogP) is 2.57. The molecule has 5 heteroatoms. The van der Waals surface area contributed by atoms with Crippen molar-refractivity contribution in [1.82, 2.24) is 4.90 Å². The number of halogens is 1. The quantitative estimate of drug-likeness (QED) is 0.581. The van der Waals surface area contributed by atoms with Crippen molar-refractivity contribution in [1.29, 1.82) is 0 Å². The lowest BCUT2D eigenvalue weighted by Gasteiger charge is -2.37. The minimum atomic E-state index is -0.477. The van der Waals surface area contributed by atoms with Gasteiger partial charge in [0.1, 0.15) is 5.60 Å². The summed E-state index contributed by atoms with van der Waals surface area (Å²) in [5, 5.41) is 0.653. The topological polar surface area (TPSA) is 38.8 Å². The van der Waals surface area contributed by atoms with E-state index in [1.807, 2.05) is 20.8 Å². The highest BCUT2D eigenvalue weighted by Crippen LogP contribution is 2.19. The van der Waals surface area contributed by atoms with Gasteiger partial charge in [0.15, 0.2) is 0 Å². The van der Waals surface area contributed by atoms with E-state index >= 15 is 0 Å². The molecular formula is C12H20BrNO3. The number of alkyl halides is 1. The lowest BCUT2D eigenvalue weighted by atomic mass is 10.1. The molecule has 0 aliphatic carbocycles. The third-order valence-corrected chi connectivity index (χ3v) is 3.12. The van der Waals surface area contributed by atoms with Gasteiger partial charge < -0.3 is 9.47 Å². The molecule has 0 spiro atoms. The van der Waals surface area contributed by atoms with Crippen LogP contribution in [-0.2, 0) is 9.47 Å². The van der Waals surface area contributed by atoms with Gasteiger partial charge in [0.2, 0.25) is 0 Å². The Morgan fingerprint density at radius 1 is 1.59 bits per heavy atom. The summed E-state index contributed by atoms with van der Waals surface area (Å²) in [6, 6.07) is -0.0991. The van der Waals surface area contributed by atoms with Crippen LogP contribution >= 0.6 is 15.9 Å². The molecule has 0 N–H and O–H groups in total. The Kier molecular flexibility index (Phi) is 5.01. The second-order valence-corrected chi connectivity index (χ2v) is 5.62. The zero-order valence-electron chi connectivity index (χ0n) is 10.7. The molecule has 17 heavy (non-hydrogen) atoms. The van der Waals surface area contributed by atoms with Gasteiger partial charge in [0.25, 0.3) is 0 Å². The summed E-state index contributed by atoms with van der Waals surface area (Å²) in [6.45, 7) is 11.1. The Balaban J connectivity index is 2.71. The number of nitrogens with zero attached hydrogens (tertiary/aromatic N) is 1. The molecule has 98 valence electrons. The van der Waals surface area contributed by atoms with Crippen LogP contribution in [0.5, 0.6) is 0 Å². The van der Waals surface area contributed by atoms with Crippen molar-refractivity contribution < 1.29 is 14.3 Å². The van der Waals surface area contributed by atoms with Gasteiger partial charge in [-0.3, -0.25) is 4.90 Å². The van der Waals surface area contributed by atoms with Crippen LogP contribution in [0, 0.1) is 0 Å². The van der Waals surface area contributed by atoms with Crippen LogP contribution in [0.1, 0.15) is 20.8 Å². The van der Waals surface area contributed by atoms with Crippen molar-refractivity contribution in [3.8, 4) is 0 Å². The Morgan fingerprint density at radius 3 is 2.76 bits per heavy atom. The second kappa shape index (κ2) is 5.87. The number of morpholine rings is 1. The molecule has 1 heterocycles. The Bertz CT molecular complexity index is 299. The molecular weight excluding hydrogens is 286 g/mol. The third kappa shape index (κ3) is 4.32. The molecule has 0 saturated carbocycles. The Hall–Kier alpha value is -0.550. The van der Waals surface area contributed by atoms with E-state index in [4.69, 9.17) is 9.47 Å². The molecule has 1 aliphatic heterocycles. The number of rotatable bonds is 2. The van der Waals surface area contributed by atoms with Gasteiger partial charge in [-0.1, -0.05) is 22.5 Å². The van der Waals surface area contributed by atoms with Crippen LogP contribution in [0.15, 0.2) is 12.2 Å². The molecule has 1 saturated heterocycles. The number of carbonyl (C=O) groups is 1. The van der Waals surface area contributed by atoms with Gasteiger partial charge in [-0.15, -0.1) is 0 Å². The zero-order chi connectivity index (χ0) is 13.1. The smallest absolute Gasteiger partial charge is 0.410 e. The fourth-order valence-electron chi connectivity index (χ4n) is 1.57. The molecule has 1 fully saturated rings. The summed E-state index contributed by atoms with van der Waals surface area (Å²) in [5.41, 5.74) is 0.450. The largest absolute Gasteiger partial charge is 0.444 e. The molecule has 1 unspecified atom stereocenters. The summed E-state index contributed by atoms with van der Waals surface area (Å²) in [6.07, 6.45) is -0.298. The van der Waals surface area contributed by atoms with Gasteiger partial charge in [-0.2, -0.15) is 0 Å². The molecule has 1 rings (SSSR count). The minimum absolute atomic E-state index is 0.0991. The number of carbonyl (C=O) groups excluding carboxylic acids is 1. The molecule has 4 nitrogen and oxygen atoms in total. The van der Waals surface area contributed by atoms with Crippen molar-refractivity contribution in [3.63, 3.8) is 0 Å². The highest BCUT2D eigenvalue weighted by Gasteiger charge is 2.32. The summed E-state index contributed by atoms with van der Waals surface area (Å²) in [5.74, 6) is 0. The highest BCUT2D eigenvalue weighted by atomic mass is 79.9.